The standard InChI is InChI=1S/C27H47N3O4.C10H16O3.C5H13N3.C4H11N.C2H6O/c1-10-12-15-29-22(31)18(3)20(24(29)33)27(6,7)17-19-21(26(4,5)11-2)25(34)30(23(19)32)16-13-14-28(8)9;1-5-10(3,4)7-6(2)8(11)13-9(7)12;1-8(2)5-3-4-7-6;1-2-3-4-5;1-2-3/h18-21H,10-17H2,1-9H3;6-7H,5H2,1-4H3;6H,3-5H2,1-2H3;2-5H2,1H3;3H,2H2,1H3. The highest BCUT2D eigenvalue weighted by Crippen LogP contribution is 2.50. The van der Waals surface area contributed by atoms with Crippen molar-refractivity contribution in [3.63, 3.8) is 0 Å². The van der Waals surface area contributed by atoms with E-state index in [-0.39, 0.29) is 64.8 Å². The summed E-state index contributed by atoms with van der Waals surface area (Å²) in [7, 11) is 7.99. The molecular weight excluding hydrogens is 803 g/mol. The van der Waals surface area contributed by atoms with Gasteiger partial charge in [-0.2, -0.15) is 5.11 Å². The average Bonchev–Trinajstić information content (AvgIpc) is 3.69. The number of aliphatic hydroxyl groups is 1. The van der Waals surface area contributed by atoms with Crippen molar-refractivity contribution in [1.82, 2.24) is 19.6 Å². The minimum atomic E-state index is -0.588. The van der Waals surface area contributed by atoms with Crippen molar-refractivity contribution >= 4 is 35.6 Å². The Bertz CT molecular complexity index is 1410. The SMILES string of the molecule is CCC(C)(C)C1C(=O)OC(=O)C1C.CCCCN.CCCCN1C(=O)C(C)C(C(C)(C)CC2C(=O)N(CCCN(C)C)C(=O)C2C(C)(C)CC)C1=O.CCO.CN(C)CCCN=N. The third-order valence-corrected chi connectivity index (χ3v) is 12.8. The molecule has 0 saturated carbocycles. The van der Waals surface area contributed by atoms with Gasteiger partial charge in [0, 0.05) is 25.6 Å². The van der Waals surface area contributed by atoms with Crippen LogP contribution in [0.3, 0.4) is 0 Å². The Hall–Kier alpha value is -3.14. The quantitative estimate of drug-likeness (QED) is 0.0364. The number of amides is 4. The molecule has 15 heteroatoms. The van der Waals surface area contributed by atoms with Crippen molar-refractivity contribution in [2.45, 2.75) is 148 Å². The fourth-order valence-corrected chi connectivity index (χ4v) is 8.46. The van der Waals surface area contributed by atoms with Gasteiger partial charge >= 0.3 is 11.9 Å². The predicted molar refractivity (Wildman–Crippen MR) is 251 cm³/mol. The summed E-state index contributed by atoms with van der Waals surface area (Å²) in [6, 6.07) is 0. The lowest BCUT2D eigenvalue weighted by atomic mass is 9.63. The van der Waals surface area contributed by atoms with Gasteiger partial charge in [0.05, 0.1) is 36.1 Å². The summed E-state index contributed by atoms with van der Waals surface area (Å²) in [6.45, 7) is 30.1. The minimum absolute atomic E-state index is 0.0807. The topological polar surface area (TPSA) is 207 Å². The third-order valence-electron chi connectivity index (χ3n) is 12.8. The second kappa shape index (κ2) is 30.1. The third kappa shape index (κ3) is 19.5. The first-order chi connectivity index (χ1) is 29.2. The number of likely N-dealkylation sites (tertiary alicyclic amines) is 2. The number of nitrogens with one attached hydrogen (secondary N) is 1. The number of nitrogens with zero attached hydrogens (tertiary/aromatic N) is 5. The van der Waals surface area contributed by atoms with Crippen LogP contribution < -0.4 is 5.73 Å². The highest BCUT2D eigenvalue weighted by Gasteiger charge is 2.58. The van der Waals surface area contributed by atoms with Crippen molar-refractivity contribution in [1.29, 1.82) is 5.53 Å². The lowest BCUT2D eigenvalue weighted by Crippen LogP contribution is -2.40. The van der Waals surface area contributed by atoms with Crippen LogP contribution in [-0.2, 0) is 33.5 Å². The lowest BCUT2D eigenvalue weighted by Gasteiger charge is -2.38. The molecule has 368 valence electrons. The van der Waals surface area contributed by atoms with Crippen LogP contribution in [0.15, 0.2) is 5.11 Å². The lowest BCUT2D eigenvalue weighted by molar-refractivity contribution is -0.154. The Morgan fingerprint density at radius 1 is 0.635 bits per heavy atom. The van der Waals surface area contributed by atoms with E-state index in [1.807, 2.05) is 81.6 Å². The van der Waals surface area contributed by atoms with Crippen molar-refractivity contribution in [2.75, 3.05) is 74.1 Å². The molecule has 3 fully saturated rings. The minimum Gasteiger partial charge on any atom is -0.397 e. The van der Waals surface area contributed by atoms with E-state index in [4.69, 9.17) is 16.4 Å². The first-order valence-corrected chi connectivity index (χ1v) is 23.6. The number of aliphatic hydroxyl groups excluding tert-OH is 1. The number of hydrogen-bond acceptors (Lipinski definition) is 13. The Morgan fingerprint density at radius 2 is 1.08 bits per heavy atom. The number of carbonyl (C=O) groups excluding carboxylic acids is 6. The van der Waals surface area contributed by atoms with Crippen molar-refractivity contribution in [2.24, 2.45) is 62.6 Å². The predicted octanol–water partition coefficient (Wildman–Crippen LogP) is 7.28. The van der Waals surface area contributed by atoms with Gasteiger partial charge in [0.1, 0.15) is 0 Å². The van der Waals surface area contributed by atoms with E-state index in [0.717, 1.165) is 58.2 Å². The first-order valence-electron chi connectivity index (χ1n) is 23.6. The van der Waals surface area contributed by atoms with Gasteiger partial charge in [-0.1, -0.05) is 109 Å². The summed E-state index contributed by atoms with van der Waals surface area (Å²) in [5.41, 5.74) is 10.5. The van der Waals surface area contributed by atoms with Gasteiger partial charge in [0.25, 0.3) is 0 Å². The van der Waals surface area contributed by atoms with Gasteiger partial charge in [-0.05, 0) is 103 Å². The molecule has 63 heavy (non-hydrogen) atoms. The molecule has 6 atom stereocenters. The molecule has 3 rings (SSSR count). The number of nitrogens with two attached hydrogens (primary N) is 1. The second-order valence-electron chi connectivity index (χ2n) is 19.9. The molecular formula is C48H93N7O8. The number of unbranched alkanes of at least 4 members (excludes halogenated alkanes) is 2. The Kier molecular flexibility index (Phi) is 29.6. The number of rotatable bonds is 20. The maximum absolute atomic E-state index is 13.6. The zero-order chi connectivity index (χ0) is 49.5. The molecule has 0 aromatic carbocycles. The molecule has 3 aliphatic rings. The molecule has 0 aromatic rings. The fraction of sp³-hybridized carbons (Fsp3) is 0.875. The number of ether oxygens (including phenoxy) is 1. The first kappa shape index (κ1) is 61.9. The molecule has 3 heterocycles. The van der Waals surface area contributed by atoms with Gasteiger partial charge in [-0.3, -0.25) is 38.6 Å². The number of cyclic esters (lactones) is 2. The van der Waals surface area contributed by atoms with Crippen LogP contribution in [0.2, 0.25) is 0 Å². The van der Waals surface area contributed by atoms with Gasteiger partial charge in [0.2, 0.25) is 23.6 Å². The van der Waals surface area contributed by atoms with E-state index >= 15 is 0 Å². The number of carbonyl (C=O) groups is 6. The smallest absolute Gasteiger partial charge is 0.318 e. The molecule has 6 unspecified atom stereocenters. The molecule has 3 saturated heterocycles. The number of hydrogen-bond donors (Lipinski definition) is 3. The average molecular weight is 896 g/mol. The van der Waals surface area contributed by atoms with Crippen LogP contribution in [0.4, 0.5) is 0 Å². The van der Waals surface area contributed by atoms with Gasteiger partial charge in [0.15, 0.2) is 0 Å². The van der Waals surface area contributed by atoms with Crippen LogP contribution in [0.5, 0.6) is 0 Å². The summed E-state index contributed by atoms with van der Waals surface area (Å²) in [6.07, 6.45) is 7.89. The van der Waals surface area contributed by atoms with E-state index < -0.39 is 29.1 Å². The summed E-state index contributed by atoms with van der Waals surface area (Å²) in [4.78, 5) is 82.9. The number of esters is 2. The van der Waals surface area contributed by atoms with E-state index in [2.05, 4.69) is 42.4 Å². The van der Waals surface area contributed by atoms with E-state index in [0.29, 0.717) is 26.1 Å². The maximum atomic E-state index is 13.6. The molecule has 15 nitrogen and oxygen atoms in total. The van der Waals surface area contributed by atoms with Crippen molar-refractivity contribution in [3.8, 4) is 0 Å². The number of imide groups is 2. The van der Waals surface area contributed by atoms with Crippen LogP contribution in [-0.4, -0.2) is 134 Å². The van der Waals surface area contributed by atoms with Crippen LogP contribution in [0.25, 0.3) is 0 Å². The van der Waals surface area contributed by atoms with Gasteiger partial charge < -0.3 is 25.4 Å². The molecule has 0 radical (unpaired) electrons. The monoisotopic (exact) mass is 896 g/mol. The Morgan fingerprint density at radius 3 is 1.48 bits per heavy atom. The normalized spacial score (nSPS) is 22.6. The summed E-state index contributed by atoms with van der Waals surface area (Å²) in [5.74, 6) is -3.51. The molecule has 0 spiro atoms. The van der Waals surface area contributed by atoms with Crippen LogP contribution in [0, 0.1) is 57.3 Å². The molecule has 4 N–H and O–H groups in total. The molecule has 0 aliphatic carbocycles. The Labute approximate surface area is 382 Å². The zero-order valence-corrected chi connectivity index (χ0v) is 42.9. The van der Waals surface area contributed by atoms with E-state index in [1.54, 1.807) is 13.8 Å². The van der Waals surface area contributed by atoms with Gasteiger partial charge in [-0.25, -0.2) is 5.53 Å². The Balaban J connectivity index is 0. The van der Waals surface area contributed by atoms with Crippen LogP contribution in [0.1, 0.15) is 148 Å². The van der Waals surface area contributed by atoms with Crippen molar-refractivity contribution in [3.05, 3.63) is 0 Å². The molecule has 0 bridgehead atoms. The zero-order valence-electron chi connectivity index (χ0n) is 42.9. The van der Waals surface area contributed by atoms with Gasteiger partial charge in [-0.15, -0.1) is 0 Å². The van der Waals surface area contributed by atoms with Crippen LogP contribution >= 0.6 is 0 Å². The highest BCUT2D eigenvalue weighted by molar-refractivity contribution is 6.06. The molecule has 4 amide bonds. The highest BCUT2D eigenvalue weighted by atomic mass is 16.6. The second-order valence-corrected chi connectivity index (χ2v) is 19.9. The summed E-state index contributed by atoms with van der Waals surface area (Å²) in [5, 5.41) is 10.8. The summed E-state index contributed by atoms with van der Waals surface area (Å²) < 4.78 is 4.60. The molecule has 3 aliphatic heterocycles. The molecule has 0 aromatic heterocycles. The maximum Gasteiger partial charge on any atom is 0.318 e. The largest absolute Gasteiger partial charge is 0.397 e. The summed E-state index contributed by atoms with van der Waals surface area (Å²) >= 11 is 0. The fourth-order valence-electron chi connectivity index (χ4n) is 8.46. The van der Waals surface area contributed by atoms with E-state index in [9.17, 15) is 28.8 Å². The van der Waals surface area contributed by atoms with Crippen molar-refractivity contribution < 1.29 is 38.6 Å². The van der Waals surface area contributed by atoms with E-state index in [1.165, 1.54) is 22.6 Å².